The average Bonchev–Trinajstić information content (AvgIpc) is 1.77. The van der Waals surface area contributed by atoms with Crippen molar-refractivity contribution in [3.8, 4) is 0 Å². The van der Waals surface area contributed by atoms with E-state index >= 15 is 0 Å². The molecule has 2 atom stereocenters. The van der Waals surface area contributed by atoms with Crippen LogP contribution in [0.25, 0.3) is 0 Å². The molecule has 0 radical (unpaired) electrons. The van der Waals surface area contributed by atoms with Crippen molar-refractivity contribution in [1.82, 2.24) is 0 Å². The van der Waals surface area contributed by atoms with E-state index in [1.165, 1.54) is 0 Å². The smallest absolute Gasteiger partial charge is 0.173 e. The number of hydrogen-bond donors (Lipinski definition) is 1. The molecule has 0 aliphatic heterocycles. The average molecular weight is 202 g/mol. The Labute approximate surface area is 85.3 Å². The standard InChI is InChI=1S/C11H26OSi/c1-10(2,3)8-9(13(7)12)11(4,5)6/h9,12-13H,8H2,1-7H3. The van der Waals surface area contributed by atoms with Gasteiger partial charge in [0.1, 0.15) is 0 Å². The molecule has 0 bridgehead atoms. The summed E-state index contributed by atoms with van der Waals surface area (Å²) < 4.78 is 0. The Morgan fingerprint density at radius 3 is 1.54 bits per heavy atom. The molecule has 0 fully saturated rings. The second-order valence-electron chi connectivity index (χ2n) is 6.48. The fraction of sp³-hybridized carbons (Fsp3) is 1.00. The molecule has 13 heavy (non-hydrogen) atoms. The van der Waals surface area contributed by atoms with Gasteiger partial charge < -0.3 is 4.80 Å². The molecule has 80 valence electrons. The van der Waals surface area contributed by atoms with E-state index in [9.17, 15) is 4.80 Å². The third kappa shape index (κ3) is 5.48. The van der Waals surface area contributed by atoms with Gasteiger partial charge in [-0.1, -0.05) is 41.5 Å². The lowest BCUT2D eigenvalue weighted by Gasteiger charge is -2.36. The van der Waals surface area contributed by atoms with Gasteiger partial charge in [0.05, 0.1) is 0 Å². The van der Waals surface area contributed by atoms with Crippen LogP contribution in [0.1, 0.15) is 48.0 Å². The van der Waals surface area contributed by atoms with E-state index in [2.05, 4.69) is 41.5 Å². The summed E-state index contributed by atoms with van der Waals surface area (Å²) in [5, 5.41) is 0. The van der Waals surface area contributed by atoms with Crippen molar-refractivity contribution in [2.75, 3.05) is 0 Å². The lowest BCUT2D eigenvalue weighted by Crippen LogP contribution is -2.31. The van der Waals surface area contributed by atoms with Crippen LogP contribution < -0.4 is 0 Å². The van der Waals surface area contributed by atoms with Gasteiger partial charge in [0, 0.05) is 0 Å². The minimum absolute atomic E-state index is 0.258. The van der Waals surface area contributed by atoms with Crippen molar-refractivity contribution in [3.05, 3.63) is 0 Å². The lowest BCUT2D eigenvalue weighted by atomic mass is 9.80. The van der Waals surface area contributed by atoms with Crippen LogP contribution in [0.3, 0.4) is 0 Å². The molecule has 1 nitrogen and oxygen atoms in total. The molecule has 2 heteroatoms. The summed E-state index contributed by atoms with van der Waals surface area (Å²) in [5.74, 6) is 0. The second-order valence-corrected chi connectivity index (χ2v) is 8.76. The van der Waals surface area contributed by atoms with Gasteiger partial charge in [-0.05, 0) is 29.3 Å². The molecule has 1 N–H and O–H groups in total. The highest BCUT2D eigenvalue weighted by Gasteiger charge is 2.33. The van der Waals surface area contributed by atoms with Crippen molar-refractivity contribution in [2.45, 2.75) is 60.1 Å². The fourth-order valence-electron chi connectivity index (χ4n) is 1.86. The van der Waals surface area contributed by atoms with Crippen LogP contribution in [0.2, 0.25) is 12.1 Å². The van der Waals surface area contributed by atoms with E-state index in [1.54, 1.807) is 0 Å². The molecule has 0 aromatic rings. The van der Waals surface area contributed by atoms with Gasteiger partial charge in [-0.15, -0.1) is 0 Å². The number of rotatable bonds is 2. The maximum absolute atomic E-state index is 9.85. The maximum atomic E-state index is 9.85. The maximum Gasteiger partial charge on any atom is 0.173 e. The minimum Gasteiger partial charge on any atom is -0.435 e. The first-order chi connectivity index (χ1) is 5.54. The van der Waals surface area contributed by atoms with Crippen molar-refractivity contribution in [2.24, 2.45) is 10.8 Å². The molecule has 2 unspecified atom stereocenters. The van der Waals surface area contributed by atoms with Crippen LogP contribution in [0, 0.1) is 10.8 Å². The fourth-order valence-corrected chi connectivity index (χ4v) is 4.36. The first-order valence-corrected chi connectivity index (χ1v) is 7.56. The van der Waals surface area contributed by atoms with Crippen LogP contribution in [-0.4, -0.2) is 13.8 Å². The predicted molar refractivity (Wildman–Crippen MR) is 62.5 cm³/mol. The zero-order valence-electron chi connectivity index (χ0n) is 10.3. The van der Waals surface area contributed by atoms with Crippen LogP contribution in [-0.2, 0) is 0 Å². The normalized spacial score (nSPS) is 18.5. The van der Waals surface area contributed by atoms with Gasteiger partial charge in [-0.3, -0.25) is 0 Å². The van der Waals surface area contributed by atoms with Crippen molar-refractivity contribution >= 4 is 9.04 Å². The third-order valence-electron chi connectivity index (χ3n) is 2.53. The van der Waals surface area contributed by atoms with E-state index in [-0.39, 0.29) is 5.41 Å². The van der Waals surface area contributed by atoms with E-state index in [4.69, 9.17) is 0 Å². The molecule has 0 heterocycles. The monoisotopic (exact) mass is 202 g/mol. The topological polar surface area (TPSA) is 20.2 Å². The summed E-state index contributed by atoms with van der Waals surface area (Å²) in [6.45, 7) is 15.5. The molecule has 0 spiro atoms. The minimum atomic E-state index is -1.51. The van der Waals surface area contributed by atoms with Crippen molar-refractivity contribution in [3.63, 3.8) is 0 Å². The highest BCUT2D eigenvalue weighted by Crippen LogP contribution is 2.41. The van der Waals surface area contributed by atoms with E-state index in [1.807, 2.05) is 6.55 Å². The molecule has 0 aromatic heterocycles. The molecule has 0 aliphatic rings. The van der Waals surface area contributed by atoms with Gasteiger partial charge in [0.25, 0.3) is 0 Å². The molecular weight excluding hydrogens is 176 g/mol. The first-order valence-electron chi connectivity index (χ1n) is 5.22. The highest BCUT2D eigenvalue weighted by atomic mass is 28.3. The third-order valence-corrected chi connectivity index (χ3v) is 4.93. The van der Waals surface area contributed by atoms with Crippen LogP contribution in [0.5, 0.6) is 0 Å². The van der Waals surface area contributed by atoms with Crippen molar-refractivity contribution in [1.29, 1.82) is 0 Å². The largest absolute Gasteiger partial charge is 0.435 e. The van der Waals surface area contributed by atoms with E-state index in [0.717, 1.165) is 6.42 Å². The summed E-state index contributed by atoms with van der Waals surface area (Å²) in [6.07, 6.45) is 1.14. The zero-order valence-corrected chi connectivity index (χ0v) is 11.5. The molecule has 0 aliphatic carbocycles. The molecule has 0 rings (SSSR count). The Balaban J connectivity index is 4.47. The molecule has 0 saturated heterocycles. The van der Waals surface area contributed by atoms with Gasteiger partial charge >= 0.3 is 0 Å². The van der Waals surface area contributed by atoms with Crippen molar-refractivity contribution < 1.29 is 4.80 Å². The second kappa shape index (κ2) is 4.14. The Kier molecular flexibility index (Phi) is 4.19. The van der Waals surface area contributed by atoms with Gasteiger partial charge in [0.15, 0.2) is 9.04 Å². The molecule has 0 saturated carbocycles. The molecule has 0 aromatic carbocycles. The van der Waals surface area contributed by atoms with Crippen LogP contribution in [0.15, 0.2) is 0 Å². The summed E-state index contributed by atoms with van der Waals surface area (Å²) in [4.78, 5) is 9.85. The lowest BCUT2D eigenvalue weighted by molar-refractivity contribution is 0.258. The Hall–Kier alpha value is 0.177. The van der Waals surface area contributed by atoms with Crippen LogP contribution >= 0.6 is 0 Å². The summed E-state index contributed by atoms with van der Waals surface area (Å²) in [6, 6.07) is 0. The summed E-state index contributed by atoms with van der Waals surface area (Å²) in [7, 11) is -1.51. The first kappa shape index (κ1) is 13.2. The predicted octanol–water partition coefficient (Wildman–Crippen LogP) is 3.18. The SMILES string of the molecule is C[SiH](O)C(CC(C)(C)C)C(C)(C)C. The van der Waals surface area contributed by atoms with E-state index < -0.39 is 9.04 Å². The molecular formula is C11H26OSi. The Morgan fingerprint density at radius 2 is 1.46 bits per heavy atom. The van der Waals surface area contributed by atoms with Gasteiger partial charge in [0.2, 0.25) is 0 Å². The van der Waals surface area contributed by atoms with Gasteiger partial charge in [-0.25, -0.2) is 0 Å². The van der Waals surface area contributed by atoms with Gasteiger partial charge in [-0.2, -0.15) is 0 Å². The Bertz CT molecular complexity index is 150. The Morgan fingerprint density at radius 1 is 1.08 bits per heavy atom. The van der Waals surface area contributed by atoms with E-state index in [0.29, 0.717) is 11.0 Å². The van der Waals surface area contributed by atoms with Crippen LogP contribution in [0.4, 0.5) is 0 Å². The molecule has 0 amide bonds. The summed E-state index contributed by atoms with van der Waals surface area (Å²) >= 11 is 0. The summed E-state index contributed by atoms with van der Waals surface area (Å²) in [5.41, 5.74) is 1.11. The highest BCUT2D eigenvalue weighted by molar-refractivity contribution is 6.50. The number of hydrogen-bond acceptors (Lipinski definition) is 1. The quantitative estimate of drug-likeness (QED) is 0.682. The zero-order chi connectivity index (χ0) is 10.9.